The van der Waals surface area contributed by atoms with E-state index in [0.29, 0.717) is 5.56 Å². The Morgan fingerprint density at radius 3 is 2.88 bits per heavy atom. The van der Waals surface area contributed by atoms with E-state index in [4.69, 9.17) is 4.74 Å². The van der Waals surface area contributed by atoms with Crippen LogP contribution in [0.3, 0.4) is 0 Å². The lowest BCUT2D eigenvalue weighted by molar-refractivity contribution is -0.385. The third kappa shape index (κ3) is 5.28. The number of thioether (sulfide) groups is 1. The lowest BCUT2D eigenvalue weighted by atomic mass is 10.2. The van der Waals surface area contributed by atoms with Crippen LogP contribution < -0.4 is 10.2 Å². The van der Waals surface area contributed by atoms with E-state index in [-0.39, 0.29) is 17.3 Å². The second kappa shape index (κ2) is 8.78. The molecule has 0 fully saturated rings. The molecule has 9 heteroatoms. The Bertz CT molecular complexity index is 783. The number of hydrogen-bond donors (Lipinski definition) is 1. The van der Waals surface area contributed by atoms with Gasteiger partial charge < -0.3 is 4.74 Å². The molecule has 2 aromatic rings. The number of nitrogens with one attached hydrogen (secondary N) is 1. The van der Waals surface area contributed by atoms with Crippen LogP contribution in [-0.4, -0.2) is 34.4 Å². The average molecular weight is 360 g/mol. The zero-order valence-corrected chi connectivity index (χ0v) is 14.4. The van der Waals surface area contributed by atoms with Crippen molar-refractivity contribution in [2.45, 2.75) is 17.2 Å². The van der Waals surface area contributed by atoms with Gasteiger partial charge in [-0.2, -0.15) is 5.10 Å². The smallest absolute Gasteiger partial charge is 0.311 e. The molecule has 1 N–H and O–H groups in total. The van der Waals surface area contributed by atoms with Crippen molar-refractivity contribution in [3.05, 3.63) is 58.3 Å². The highest BCUT2D eigenvalue weighted by molar-refractivity contribution is 8.00. The van der Waals surface area contributed by atoms with Gasteiger partial charge in [0.2, 0.25) is 0 Å². The van der Waals surface area contributed by atoms with Crippen molar-refractivity contribution >= 4 is 29.6 Å². The molecule has 25 heavy (non-hydrogen) atoms. The molecule has 1 amide bonds. The summed E-state index contributed by atoms with van der Waals surface area (Å²) in [6.45, 7) is 1.74. The lowest BCUT2D eigenvalue weighted by Gasteiger charge is -2.08. The number of aromatic nitrogens is 1. The number of hydrazone groups is 1. The molecule has 0 aliphatic rings. The minimum absolute atomic E-state index is 0.159. The average Bonchev–Trinajstić information content (AvgIpc) is 2.62. The van der Waals surface area contributed by atoms with Gasteiger partial charge in [0.15, 0.2) is 5.75 Å². The fourth-order valence-electron chi connectivity index (χ4n) is 1.84. The molecule has 0 radical (unpaired) electrons. The van der Waals surface area contributed by atoms with Gasteiger partial charge in [-0.1, -0.05) is 17.8 Å². The maximum absolute atomic E-state index is 12.0. The molecule has 1 aromatic carbocycles. The van der Waals surface area contributed by atoms with Crippen LogP contribution >= 0.6 is 11.8 Å². The molecule has 8 nitrogen and oxygen atoms in total. The minimum atomic E-state index is -0.541. The molecule has 0 aliphatic heterocycles. The number of carbonyl (C=O) groups is 1. The Kier molecular flexibility index (Phi) is 6.47. The van der Waals surface area contributed by atoms with Gasteiger partial charge in [0, 0.05) is 17.8 Å². The number of hydrogen-bond acceptors (Lipinski definition) is 7. The van der Waals surface area contributed by atoms with Crippen molar-refractivity contribution in [3.63, 3.8) is 0 Å². The van der Waals surface area contributed by atoms with Crippen LogP contribution in [0.4, 0.5) is 5.69 Å². The molecular weight excluding hydrogens is 344 g/mol. The molecule has 0 spiro atoms. The van der Waals surface area contributed by atoms with Crippen LogP contribution in [0.5, 0.6) is 5.75 Å². The van der Waals surface area contributed by atoms with E-state index < -0.39 is 10.2 Å². The summed E-state index contributed by atoms with van der Waals surface area (Å²) in [7, 11) is 1.36. The molecule has 0 saturated heterocycles. The third-order valence-electron chi connectivity index (χ3n) is 3.09. The van der Waals surface area contributed by atoms with Crippen molar-refractivity contribution in [2.24, 2.45) is 5.10 Å². The van der Waals surface area contributed by atoms with Crippen LogP contribution in [0.15, 0.2) is 52.7 Å². The molecule has 2 rings (SSSR count). The SMILES string of the molecule is COc1ccc(/C=N\NC(=O)[C@@H](C)Sc2ccccn2)cc1[N+](=O)[O-]. The minimum Gasteiger partial charge on any atom is -0.490 e. The number of rotatable bonds is 7. The Hall–Kier alpha value is -2.94. The van der Waals surface area contributed by atoms with Gasteiger partial charge in [0.25, 0.3) is 5.91 Å². The molecule has 0 saturated carbocycles. The second-order valence-electron chi connectivity index (χ2n) is 4.85. The molecule has 0 bridgehead atoms. The first kappa shape index (κ1) is 18.4. The first-order valence-corrected chi connectivity index (χ1v) is 8.12. The van der Waals surface area contributed by atoms with Crippen molar-refractivity contribution < 1.29 is 14.5 Å². The predicted molar refractivity (Wildman–Crippen MR) is 94.9 cm³/mol. The highest BCUT2D eigenvalue weighted by Crippen LogP contribution is 2.26. The summed E-state index contributed by atoms with van der Waals surface area (Å²) in [4.78, 5) is 26.6. The highest BCUT2D eigenvalue weighted by Gasteiger charge is 2.15. The van der Waals surface area contributed by atoms with Crippen LogP contribution in [-0.2, 0) is 4.79 Å². The van der Waals surface area contributed by atoms with E-state index in [0.717, 1.165) is 5.03 Å². The number of nitrogens with zero attached hydrogens (tertiary/aromatic N) is 3. The van der Waals surface area contributed by atoms with E-state index in [2.05, 4.69) is 15.5 Å². The van der Waals surface area contributed by atoms with Crippen molar-refractivity contribution in [1.29, 1.82) is 0 Å². The maximum atomic E-state index is 12.0. The Morgan fingerprint density at radius 1 is 1.44 bits per heavy atom. The molecule has 0 unspecified atom stereocenters. The van der Waals surface area contributed by atoms with Gasteiger partial charge in [-0.15, -0.1) is 0 Å². The zero-order chi connectivity index (χ0) is 18.2. The number of ether oxygens (including phenoxy) is 1. The normalized spacial score (nSPS) is 11.9. The first-order valence-electron chi connectivity index (χ1n) is 7.24. The summed E-state index contributed by atoms with van der Waals surface area (Å²) in [5.74, 6) is -0.138. The predicted octanol–water partition coefficient (Wildman–Crippen LogP) is 2.63. The number of benzene rings is 1. The Labute approximate surface area is 148 Å². The number of carbonyl (C=O) groups excluding carboxylic acids is 1. The highest BCUT2D eigenvalue weighted by atomic mass is 32.2. The summed E-state index contributed by atoms with van der Waals surface area (Å²) >= 11 is 1.31. The van der Waals surface area contributed by atoms with Gasteiger partial charge in [0.1, 0.15) is 0 Å². The van der Waals surface area contributed by atoms with Gasteiger partial charge in [0.05, 0.1) is 28.5 Å². The Balaban J connectivity index is 1.97. The molecule has 1 heterocycles. The van der Waals surface area contributed by atoms with Crippen molar-refractivity contribution in [1.82, 2.24) is 10.4 Å². The van der Waals surface area contributed by atoms with Crippen molar-refractivity contribution in [3.8, 4) is 5.75 Å². The van der Waals surface area contributed by atoms with E-state index in [1.54, 1.807) is 25.3 Å². The van der Waals surface area contributed by atoms with Gasteiger partial charge in [-0.05, 0) is 31.2 Å². The number of amides is 1. The fraction of sp³-hybridized carbons (Fsp3) is 0.188. The van der Waals surface area contributed by atoms with Gasteiger partial charge in [-0.25, -0.2) is 10.4 Å². The maximum Gasteiger partial charge on any atom is 0.311 e. The standard InChI is InChI=1S/C16H16N4O4S/c1-11(25-15-5-3-4-8-17-15)16(21)19-18-10-12-6-7-14(24-2)13(9-12)20(22)23/h3-11H,1-2H3,(H,19,21)/b18-10-/t11-/m1/s1. The van der Waals surface area contributed by atoms with Crippen molar-refractivity contribution in [2.75, 3.05) is 7.11 Å². The molecule has 1 atom stereocenters. The van der Waals surface area contributed by atoms with Crippen LogP contribution in [0.2, 0.25) is 0 Å². The van der Waals surface area contributed by atoms with E-state index in [1.807, 2.05) is 12.1 Å². The number of pyridine rings is 1. The summed E-state index contributed by atoms with van der Waals surface area (Å²) in [6, 6.07) is 9.85. The molecule has 1 aromatic heterocycles. The second-order valence-corrected chi connectivity index (χ2v) is 6.21. The lowest BCUT2D eigenvalue weighted by Crippen LogP contribution is -2.26. The van der Waals surface area contributed by atoms with Gasteiger partial charge in [-0.3, -0.25) is 14.9 Å². The van der Waals surface area contributed by atoms with E-state index in [1.165, 1.54) is 37.2 Å². The molecule has 130 valence electrons. The van der Waals surface area contributed by atoms with Crippen LogP contribution in [0.1, 0.15) is 12.5 Å². The molecule has 0 aliphatic carbocycles. The number of nitro groups is 1. The largest absolute Gasteiger partial charge is 0.490 e. The summed E-state index contributed by atoms with van der Waals surface area (Å²) in [5, 5.41) is 15.2. The van der Waals surface area contributed by atoms with E-state index in [9.17, 15) is 14.9 Å². The van der Waals surface area contributed by atoms with Gasteiger partial charge >= 0.3 is 5.69 Å². The van der Waals surface area contributed by atoms with E-state index >= 15 is 0 Å². The quantitative estimate of drug-likeness (QED) is 0.352. The topological polar surface area (TPSA) is 107 Å². The first-order chi connectivity index (χ1) is 12.0. The third-order valence-corrected chi connectivity index (χ3v) is 4.14. The summed E-state index contributed by atoms with van der Waals surface area (Å²) < 4.78 is 4.93. The fourth-order valence-corrected chi connectivity index (χ4v) is 2.64. The Morgan fingerprint density at radius 2 is 2.24 bits per heavy atom. The monoisotopic (exact) mass is 360 g/mol. The van der Waals surface area contributed by atoms with Crippen LogP contribution in [0.25, 0.3) is 0 Å². The number of methoxy groups -OCH3 is 1. The summed E-state index contributed by atoms with van der Waals surface area (Å²) in [6.07, 6.45) is 2.99. The zero-order valence-electron chi connectivity index (χ0n) is 13.6. The number of nitro benzene ring substituents is 1. The summed E-state index contributed by atoms with van der Waals surface area (Å²) in [5.41, 5.74) is 2.71. The molecular formula is C16H16N4O4S. The van der Waals surface area contributed by atoms with Crippen LogP contribution in [0, 0.1) is 10.1 Å².